The molecule has 0 unspecified atom stereocenters. The first kappa shape index (κ1) is 18.8. The number of rotatable bonds is 5. The van der Waals surface area contributed by atoms with E-state index in [1.807, 2.05) is 31.2 Å². The minimum absolute atomic E-state index is 0.0426. The molecule has 1 aromatic heterocycles. The van der Waals surface area contributed by atoms with Gasteiger partial charge in [-0.15, -0.1) is 0 Å². The molecule has 6 heteroatoms. The molecule has 4 rings (SSSR count). The number of fused-ring (bicyclic) bond motifs is 1. The molecule has 5 nitrogen and oxygen atoms in total. The number of anilines is 1. The lowest BCUT2D eigenvalue weighted by Gasteiger charge is -2.28. The van der Waals surface area contributed by atoms with Gasteiger partial charge in [0.2, 0.25) is 5.91 Å². The SMILES string of the molecule is Cc1ccc(NC(=O)C[C@H](c2ccc(F)cc2)N2Cc3ccccc3C2=O)nc1. The first-order valence-electron chi connectivity index (χ1n) is 9.38. The van der Waals surface area contributed by atoms with Gasteiger partial charge in [-0.1, -0.05) is 36.4 Å². The fraction of sp³-hybridized carbons (Fsp3) is 0.174. The summed E-state index contributed by atoms with van der Waals surface area (Å²) >= 11 is 0. The number of benzene rings is 2. The third kappa shape index (κ3) is 4.01. The van der Waals surface area contributed by atoms with Crippen molar-refractivity contribution >= 4 is 17.6 Å². The predicted octanol–water partition coefficient (Wildman–Crippen LogP) is 4.26. The van der Waals surface area contributed by atoms with Crippen molar-refractivity contribution in [1.82, 2.24) is 9.88 Å². The van der Waals surface area contributed by atoms with Crippen molar-refractivity contribution in [2.24, 2.45) is 0 Å². The average Bonchev–Trinajstić information content (AvgIpc) is 3.05. The Morgan fingerprint density at radius 2 is 1.90 bits per heavy atom. The van der Waals surface area contributed by atoms with Crippen LogP contribution in [0.15, 0.2) is 66.9 Å². The number of nitrogens with zero attached hydrogens (tertiary/aromatic N) is 2. The third-order valence-electron chi connectivity index (χ3n) is 5.04. The van der Waals surface area contributed by atoms with Gasteiger partial charge >= 0.3 is 0 Å². The molecule has 2 aromatic carbocycles. The molecule has 0 saturated heterocycles. The van der Waals surface area contributed by atoms with Crippen LogP contribution in [0.4, 0.5) is 10.2 Å². The lowest BCUT2D eigenvalue weighted by molar-refractivity contribution is -0.117. The van der Waals surface area contributed by atoms with Crippen molar-refractivity contribution in [1.29, 1.82) is 0 Å². The van der Waals surface area contributed by atoms with E-state index in [1.165, 1.54) is 12.1 Å². The van der Waals surface area contributed by atoms with Gasteiger partial charge in [0.25, 0.3) is 5.91 Å². The van der Waals surface area contributed by atoms with Gasteiger partial charge in [-0.05, 0) is 47.9 Å². The highest BCUT2D eigenvalue weighted by atomic mass is 19.1. The number of halogens is 1. The zero-order valence-corrected chi connectivity index (χ0v) is 15.9. The topological polar surface area (TPSA) is 62.3 Å². The summed E-state index contributed by atoms with van der Waals surface area (Å²) in [6, 6.07) is 16.4. The molecule has 0 aliphatic carbocycles. The minimum Gasteiger partial charge on any atom is -0.327 e. The number of aromatic nitrogens is 1. The van der Waals surface area contributed by atoms with Crippen molar-refractivity contribution in [3.63, 3.8) is 0 Å². The molecule has 0 radical (unpaired) electrons. The summed E-state index contributed by atoms with van der Waals surface area (Å²) < 4.78 is 13.4. The van der Waals surface area contributed by atoms with Crippen molar-refractivity contribution in [3.05, 3.63) is 94.9 Å². The second-order valence-corrected chi connectivity index (χ2v) is 7.13. The van der Waals surface area contributed by atoms with Gasteiger partial charge < -0.3 is 10.2 Å². The summed E-state index contributed by atoms with van der Waals surface area (Å²) in [4.78, 5) is 31.5. The van der Waals surface area contributed by atoms with E-state index in [-0.39, 0.29) is 24.1 Å². The average molecular weight is 389 g/mol. The maximum absolute atomic E-state index is 13.4. The quantitative estimate of drug-likeness (QED) is 0.709. The fourth-order valence-electron chi connectivity index (χ4n) is 3.53. The van der Waals surface area contributed by atoms with Gasteiger partial charge in [0, 0.05) is 18.3 Å². The van der Waals surface area contributed by atoms with Crippen LogP contribution in [0, 0.1) is 12.7 Å². The highest BCUT2D eigenvalue weighted by Gasteiger charge is 2.34. The van der Waals surface area contributed by atoms with Gasteiger partial charge in [-0.3, -0.25) is 9.59 Å². The van der Waals surface area contributed by atoms with Gasteiger partial charge in [-0.2, -0.15) is 0 Å². The largest absolute Gasteiger partial charge is 0.327 e. The number of hydrogen-bond acceptors (Lipinski definition) is 3. The second-order valence-electron chi connectivity index (χ2n) is 7.13. The Kier molecular flexibility index (Phi) is 5.08. The number of carbonyl (C=O) groups is 2. The maximum Gasteiger partial charge on any atom is 0.255 e. The summed E-state index contributed by atoms with van der Waals surface area (Å²) in [6.07, 6.45) is 1.72. The van der Waals surface area contributed by atoms with Gasteiger partial charge in [0.15, 0.2) is 0 Å². The van der Waals surface area contributed by atoms with Crippen LogP contribution in [0.3, 0.4) is 0 Å². The van der Waals surface area contributed by atoms with Crippen LogP contribution in [-0.2, 0) is 11.3 Å². The molecule has 0 fully saturated rings. The first-order chi connectivity index (χ1) is 14.0. The summed E-state index contributed by atoms with van der Waals surface area (Å²) in [5.74, 6) is -0.304. The van der Waals surface area contributed by atoms with Crippen LogP contribution >= 0.6 is 0 Å². The highest BCUT2D eigenvalue weighted by molar-refractivity contribution is 5.99. The van der Waals surface area contributed by atoms with E-state index in [2.05, 4.69) is 10.3 Å². The molecule has 2 amide bonds. The lowest BCUT2D eigenvalue weighted by atomic mass is 10.0. The standard InChI is InChI=1S/C23H20FN3O2/c1-15-6-11-21(25-13-15)26-22(28)12-20(16-7-9-18(24)10-8-16)27-14-17-4-2-3-5-19(17)23(27)29/h2-11,13,20H,12,14H2,1H3,(H,25,26,28)/t20-/m1/s1. The van der Waals surface area contributed by atoms with Gasteiger partial charge in [-0.25, -0.2) is 9.37 Å². The van der Waals surface area contributed by atoms with Crippen molar-refractivity contribution in [2.75, 3.05) is 5.32 Å². The fourth-order valence-corrected chi connectivity index (χ4v) is 3.53. The molecule has 0 spiro atoms. The Labute approximate surface area is 168 Å². The molecule has 3 aromatic rings. The number of amides is 2. The Hall–Kier alpha value is -3.54. The minimum atomic E-state index is -0.513. The molecular formula is C23H20FN3O2. The molecule has 1 N–H and O–H groups in total. The zero-order valence-electron chi connectivity index (χ0n) is 15.9. The molecule has 1 atom stereocenters. The van der Waals surface area contributed by atoms with Crippen LogP contribution in [0.25, 0.3) is 0 Å². The summed E-state index contributed by atoms with van der Waals surface area (Å²) in [6.45, 7) is 2.33. The third-order valence-corrected chi connectivity index (χ3v) is 5.04. The molecule has 146 valence electrons. The van der Waals surface area contributed by atoms with Crippen LogP contribution < -0.4 is 5.32 Å². The Bertz CT molecular complexity index is 1050. The summed E-state index contributed by atoms with van der Waals surface area (Å²) in [5, 5.41) is 2.78. The van der Waals surface area contributed by atoms with Gasteiger partial charge in [0.05, 0.1) is 12.5 Å². The molecule has 0 bridgehead atoms. The Morgan fingerprint density at radius 1 is 1.14 bits per heavy atom. The highest BCUT2D eigenvalue weighted by Crippen LogP contribution is 2.33. The smallest absolute Gasteiger partial charge is 0.255 e. The van der Waals surface area contributed by atoms with Crippen LogP contribution in [0.5, 0.6) is 0 Å². The molecule has 1 aliphatic rings. The van der Waals surface area contributed by atoms with Crippen molar-refractivity contribution < 1.29 is 14.0 Å². The second kappa shape index (κ2) is 7.83. The maximum atomic E-state index is 13.4. The summed E-state index contributed by atoms with van der Waals surface area (Å²) in [5.41, 5.74) is 3.26. The number of carbonyl (C=O) groups excluding carboxylic acids is 2. The molecular weight excluding hydrogens is 369 g/mol. The van der Waals surface area contributed by atoms with E-state index >= 15 is 0 Å². The van der Waals surface area contributed by atoms with Crippen LogP contribution in [0.1, 0.15) is 39.5 Å². The van der Waals surface area contributed by atoms with Crippen LogP contribution in [-0.4, -0.2) is 21.7 Å². The molecule has 2 heterocycles. The normalized spacial score (nSPS) is 13.9. The van der Waals surface area contributed by atoms with E-state index in [0.29, 0.717) is 23.5 Å². The number of pyridine rings is 1. The van der Waals surface area contributed by atoms with E-state index < -0.39 is 6.04 Å². The number of hydrogen-bond donors (Lipinski definition) is 1. The lowest BCUT2D eigenvalue weighted by Crippen LogP contribution is -2.32. The zero-order chi connectivity index (χ0) is 20.4. The predicted molar refractivity (Wildman–Crippen MR) is 108 cm³/mol. The van der Waals surface area contributed by atoms with Gasteiger partial charge in [0.1, 0.15) is 11.6 Å². The van der Waals surface area contributed by atoms with Crippen molar-refractivity contribution in [2.45, 2.75) is 25.9 Å². The van der Waals surface area contributed by atoms with E-state index in [0.717, 1.165) is 11.1 Å². The number of nitrogens with one attached hydrogen (secondary N) is 1. The number of aryl methyl sites for hydroxylation is 1. The van der Waals surface area contributed by atoms with E-state index in [1.54, 1.807) is 35.4 Å². The molecule has 0 saturated carbocycles. The summed E-state index contributed by atoms with van der Waals surface area (Å²) in [7, 11) is 0. The molecule has 1 aliphatic heterocycles. The monoisotopic (exact) mass is 389 g/mol. The Morgan fingerprint density at radius 3 is 2.59 bits per heavy atom. The molecule has 29 heavy (non-hydrogen) atoms. The van der Waals surface area contributed by atoms with E-state index in [4.69, 9.17) is 0 Å². The Balaban J connectivity index is 1.59. The van der Waals surface area contributed by atoms with Crippen molar-refractivity contribution in [3.8, 4) is 0 Å². The van der Waals surface area contributed by atoms with Crippen LogP contribution in [0.2, 0.25) is 0 Å². The first-order valence-corrected chi connectivity index (χ1v) is 9.38. The van der Waals surface area contributed by atoms with E-state index in [9.17, 15) is 14.0 Å².